The van der Waals surface area contributed by atoms with E-state index in [4.69, 9.17) is 16.7 Å². The smallest absolute Gasteiger partial charge is 0.337 e. The van der Waals surface area contributed by atoms with E-state index in [1.165, 1.54) is 30.3 Å². The Morgan fingerprint density at radius 1 is 1.10 bits per heavy atom. The van der Waals surface area contributed by atoms with Gasteiger partial charge in [-0.05, 0) is 36.4 Å². The molecule has 0 saturated heterocycles. The topological polar surface area (TPSA) is 86.6 Å². The van der Waals surface area contributed by atoms with Gasteiger partial charge in [0.25, 0.3) is 5.91 Å². The number of aromatic hydroxyl groups is 1. The van der Waals surface area contributed by atoms with Crippen LogP contribution in [0.2, 0.25) is 5.02 Å². The number of hydrogen-bond donors (Lipinski definition) is 3. The normalized spacial score (nSPS) is 10.2. The maximum Gasteiger partial charge on any atom is 0.337 e. The van der Waals surface area contributed by atoms with Crippen LogP contribution in [0.15, 0.2) is 40.9 Å². The Kier molecular flexibility index (Phi) is 4.50. The third-order valence-electron chi connectivity index (χ3n) is 2.65. The monoisotopic (exact) mass is 369 g/mol. The van der Waals surface area contributed by atoms with Gasteiger partial charge in [-0.2, -0.15) is 0 Å². The first-order valence-corrected chi connectivity index (χ1v) is 6.88. The van der Waals surface area contributed by atoms with Crippen LogP contribution in [0.1, 0.15) is 20.7 Å². The third-order valence-corrected chi connectivity index (χ3v) is 3.48. The van der Waals surface area contributed by atoms with E-state index in [0.717, 1.165) is 0 Å². The molecular weight excluding hydrogens is 362 g/mol. The van der Waals surface area contributed by atoms with E-state index in [-0.39, 0.29) is 27.6 Å². The van der Waals surface area contributed by atoms with Gasteiger partial charge in [0, 0.05) is 4.47 Å². The summed E-state index contributed by atoms with van der Waals surface area (Å²) in [5, 5.41) is 21.1. The lowest BCUT2D eigenvalue weighted by Crippen LogP contribution is -2.15. The molecule has 1 amide bonds. The number of phenolic OH excluding ortho intramolecular Hbond substituents is 1. The predicted octanol–water partition coefficient (Wildman–Crippen LogP) is 3.76. The second-order valence-electron chi connectivity index (χ2n) is 4.11. The molecule has 2 rings (SSSR count). The zero-order chi connectivity index (χ0) is 15.6. The Labute approximate surface area is 133 Å². The maximum absolute atomic E-state index is 12.1. The molecule has 5 nitrogen and oxygen atoms in total. The highest BCUT2D eigenvalue weighted by atomic mass is 79.9. The molecule has 2 aromatic rings. The Hall–Kier alpha value is -2.05. The van der Waals surface area contributed by atoms with Crippen molar-refractivity contribution in [3.05, 3.63) is 57.0 Å². The first-order chi connectivity index (χ1) is 9.88. The van der Waals surface area contributed by atoms with Gasteiger partial charge in [0.05, 0.1) is 21.8 Å². The Morgan fingerprint density at radius 3 is 2.48 bits per heavy atom. The van der Waals surface area contributed by atoms with Crippen molar-refractivity contribution >= 4 is 45.1 Å². The molecule has 2 aromatic carbocycles. The van der Waals surface area contributed by atoms with Crippen molar-refractivity contribution in [3.8, 4) is 5.75 Å². The summed E-state index contributed by atoms with van der Waals surface area (Å²) >= 11 is 9.06. The number of rotatable bonds is 3. The molecule has 0 aliphatic carbocycles. The van der Waals surface area contributed by atoms with E-state index < -0.39 is 11.9 Å². The van der Waals surface area contributed by atoms with Gasteiger partial charge in [0.2, 0.25) is 0 Å². The molecule has 3 N–H and O–H groups in total. The molecule has 0 fully saturated rings. The van der Waals surface area contributed by atoms with Crippen LogP contribution in [0.3, 0.4) is 0 Å². The van der Waals surface area contributed by atoms with E-state index in [1.807, 2.05) is 0 Å². The van der Waals surface area contributed by atoms with E-state index in [9.17, 15) is 14.7 Å². The summed E-state index contributed by atoms with van der Waals surface area (Å²) in [5.41, 5.74) is 0.125. The van der Waals surface area contributed by atoms with Gasteiger partial charge in [0.1, 0.15) is 5.75 Å². The molecule has 0 spiro atoms. The summed E-state index contributed by atoms with van der Waals surface area (Å²) in [4.78, 5) is 23.3. The lowest BCUT2D eigenvalue weighted by Gasteiger charge is -2.10. The molecule has 0 heterocycles. The maximum atomic E-state index is 12.1. The number of phenols is 1. The Bertz CT molecular complexity index is 733. The fourth-order valence-corrected chi connectivity index (χ4v) is 2.24. The zero-order valence-corrected chi connectivity index (χ0v) is 12.8. The number of benzene rings is 2. The van der Waals surface area contributed by atoms with Gasteiger partial charge in [-0.25, -0.2) is 4.79 Å². The van der Waals surface area contributed by atoms with Crippen molar-refractivity contribution in [2.24, 2.45) is 0 Å². The van der Waals surface area contributed by atoms with Crippen molar-refractivity contribution in [2.75, 3.05) is 5.32 Å². The van der Waals surface area contributed by atoms with Crippen molar-refractivity contribution in [2.45, 2.75) is 0 Å². The number of amides is 1. The number of halogens is 2. The number of aromatic carboxylic acids is 1. The van der Waals surface area contributed by atoms with Crippen LogP contribution in [-0.2, 0) is 0 Å². The molecule has 0 aromatic heterocycles. The molecule has 0 atom stereocenters. The highest BCUT2D eigenvalue weighted by Gasteiger charge is 2.16. The summed E-state index contributed by atoms with van der Waals surface area (Å²) < 4.78 is 0.577. The lowest BCUT2D eigenvalue weighted by atomic mass is 10.1. The van der Waals surface area contributed by atoms with Crippen LogP contribution in [-0.4, -0.2) is 22.1 Å². The van der Waals surface area contributed by atoms with Gasteiger partial charge in [0.15, 0.2) is 0 Å². The van der Waals surface area contributed by atoms with E-state index in [1.54, 1.807) is 6.07 Å². The van der Waals surface area contributed by atoms with Gasteiger partial charge < -0.3 is 15.5 Å². The Morgan fingerprint density at radius 2 is 1.81 bits per heavy atom. The molecule has 21 heavy (non-hydrogen) atoms. The average Bonchev–Trinajstić information content (AvgIpc) is 2.43. The van der Waals surface area contributed by atoms with Crippen LogP contribution >= 0.6 is 27.5 Å². The van der Waals surface area contributed by atoms with Crippen LogP contribution in [0, 0.1) is 0 Å². The van der Waals surface area contributed by atoms with Crippen LogP contribution < -0.4 is 5.32 Å². The number of anilines is 1. The second kappa shape index (κ2) is 6.15. The number of nitrogens with one attached hydrogen (secondary N) is 1. The SMILES string of the molecule is O=C(Nc1ccc(Br)cc1C(=O)O)c1cc(O)ccc1Cl. The summed E-state index contributed by atoms with van der Waals surface area (Å²) in [7, 11) is 0. The van der Waals surface area contributed by atoms with Crippen LogP contribution in [0.25, 0.3) is 0 Å². The molecule has 108 valence electrons. The average molecular weight is 371 g/mol. The fourth-order valence-electron chi connectivity index (χ4n) is 1.68. The highest BCUT2D eigenvalue weighted by Crippen LogP contribution is 2.25. The molecule has 7 heteroatoms. The lowest BCUT2D eigenvalue weighted by molar-refractivity contribution is 0.0698. The predicted molar refractivity (Wildman–Crippen MR) is 82.2 cm³/mol. The zero-order valence-electron chi connectivity index (χ0n) is 10.4. The quantitative estimate of drug-likeness (QED) is 0.768. The molecule has 0 bridgehead atoms. The Balaban J connectivity index is 2.36. The van der Waals surface area contributed by atoms with Gasteiger partial charge >= 0.3 is 5.97 Å². The van der Waals surface area contributed by atoms with Crippen LogP contribution in [0.4, 0.5) is 5.69 Å². The third kappa shape index (κ3) is 3.53. The van der Waals surface area contributed by atoms with E-state index in [2.05, 4.69) is 21.2 Å². The molecule has 0 unspecified atom stereocenters. The van der Waals surface area contributed by atoms with E-state index in [0.29, 0.717) is 4.47 Å². The number of carboxylic acids is 1. The van der Waals surface area contributed by atoms with Crippen molar-refractivity contribution in [1.29, 1.82) is 0 Å². The van der Waals surface area contributed by atoms with Crippen molar-refractivity contribution in [3.63, 3.8) is 0 Å². The minimum Gasteiger partial charge on any atom is -0.508 e. The van der Waals surface area contributed by atoms with Crippen molar-refractivity contribution < 1.29 is 19.8 Å². The minimum atomic E-state index is -1.17. The molecular formula is C14H9BrClNO4. The number of carboxylic acid groups (broad SMARTS) is 1. The number of carbonyl (C=O) groups is 2. The first kappa shape index (κ1) is 15.3. The molecule has 0 aliphatic rings. The van der Waals surface area contributed by atoms with Gasteiger partial charge in [-0.3, -0.25) is 4.79 Å². The number of carbonyl (C=O) groups excluding carboxylic acids is 1. The van der Waals surface area contributed by atoms with Crippen LogP contribution in [0.5, 0.6) is 5.75 Å². The highest BCUT2D eigenvalue weighted by molar-refractivity contribution is 9.10. The summed E-state index contributed by atoms with van der Waals surface area (Å²) in [6.45, 7) is 0. The molecule has 0 saturated carbocycles. The summed E-state index contributed by atoms with van der Waals surface area (Å²) in [6.07, 6.45) is 0. The fraction of sp³-hybridized carbons (Fsp3) is 0. The minimum absolute atomic E-state index is 0.0518. The molecule has 0 aliphatic heterocycles. The molecule has 0 radical (unpaired) electrons. The summed E-state index contributed by atoms with van der Waals surface area (Å²) in [5.74, 6) is -1.90. The second-order valence-corrected chi connectivity index (χ2v) is 5.44. The van der Waals surface area contributed by atoms with Gasteiger partial charge in [-0.15, -0.1) is 0 Å². The standard InChI is InChI=1S/C14H9BrClNO4/c15-7-1-4-12(10(5-7)14(20)21)17-13(19)9-6-8(18)2-3-11(9)16/h1-6,18H,(H,17,19)(H,20,21). The van der Waals surface area contributed by atoms with Crippen molar-refractivity contribution in [1.82, 2.24) is 0 Å². The number of hydrogen-bond acceptors (Lipinski definition) is 3. The van der Waals surface area contributed by atoms with Gasteiger partial charge in [-0.1, -0.05) is 27.5 Å². The van der Waals surface area contributed by atoms with E-state index >= 15 is 0 Å². The first-order valence-electron chi connectivity index (χ1n) is 5.71. The largest absolute Gasteiger partial charge is 0.508 e. The summed E-state index contributed by atoms with van der Waals surface area (Å²) in [6, 6.07) is 8.38.